The molecule has 9 nitrogen and oxygen atoms in total. The number of pyridine rings is 1. The van der Waals surface area contributed by atoms with Gasteiger partial charge < -0.3 is 30.0 Å². The molecule has 0 saturated heterocycles. The molecular formula is C38H46N4O5. The molecule has 0 fully saturated rings. The van der Waals surface area contributed by atoms with Crippen molar-refractivity contribution >= 4 is 22.2 Å². The molecule has 0 saturated carbocycles. The van der Waals surface area contributed by atoms with Crippen LogP contribution in [0.25, 0.3) is 27.5 Å². The molecule has 0 radical (unpaired) electrons. The molecule has 47 heavy (non-hydrogen) atoms. The highest BCUT2D eigenvalue weighted by atomic mass is 16.5. The van der Waals surface area contributed by atoms with Crippen LogP contribution in [-0.4, -0.2) is 74.9 Å². The Labute approximate surface area is 277 Å². The van der Waals surface area contributed by atoms with Gasteiger partial charge in [0.1, 0.15) is 5.75 Å². The highest BCUT2D eigenvalue weighted by Crippen LogP contribution is 2.31. The SMILES string of the molecule is Cc1cc(C(=O)NCCOCCOCCOCCN)cc(C)c1-c1cccc2c(CCCOc3cccc4ccccc34)c(C)nn12. The number of rotatable bonds is 18. The minimum atomic E-state index is -0.124. The number of benzene rings is 3. The number of amides is 1. The molecular weight excluding hydrogens is 592 g/mol. The number of carbonyl (C=O) groups is 1. The molecule has 0 aliphatic heterocycles. The number of nitrogens with two attached hydrogens (primary N) is 1. The molecule has 2 aromatic heterocycles. The zero-order valence-electron chi connectivity index (χ0n) is 27.7. The summed E-state index contributed by atoms with van der Waals surface area (Å²) in [6, 6.07) is 24.7. The van der Waals surface area contributed by atoms with E-state index in [-0.39, 0.29) is 5.91 Å². The first-order valence-corrected chi connectivity index (χ1v) is 16.4. The van der Waals surface area contributed by atoms with E-state index in [0.29, 0.717) is 64.9 Å². The molecule has 0 spiro atoms. The fourth-order valence-electron chi connectivity index (χ4n) is 5.95. The lowest BCUT2D eigenvalue weighted by molar-refractivity contribution is 0.0166. The topological polar surface area (TPSA) is 109 Å². The first kappa shape index (κ1) is 34.1. The van der Waals surface area contributed by atoms with Crippen molar-refractivity contribution in [3.8, 4) is 17.0 Å². The zero-order valence-corrected chi connectivity index (χ0v) is 27.7. The lowest BCUT2D eigenvalue weighted by Gasteiger charge is -2.15. The van der Waals surface area contributed by atoms with Gasteiger partial charge in [0.25, 0.3) is 5.91 Å². The van der Waals surface area contributed by atoms with Crippen LogP contribution in [0.3, 0.4) is 0 Å². The standard InChI is InChI=1S/C38H46N4O5/c1-27-25-31(38(43)40-17-20-45-22-24-46-23-21-44-19-16-39)26-28(2)37(27)35-14-7-13-34-32(29(3)41-42(34)35)12-8-18-47-36-15-6-10-30-9-4-5-11-33(30)36/h4-7,9-11,13-15,25-26H,8,12,16-24,39H2,1-3H3,(H,40,43). The van der Waals surface area contributed by atoms with Gasteiger partial charge in [-0.1, -0.05) is 42.5 Å². The third-order valence-corrected chi connectivity index (χ3v) is 8.13. The summed E-state index contributed by atoms with van der Waals surface area (Å²) >= 11 is 0. The number of hydrogen-bond acceptors (Lipinski definition) is 7. The maximum Gasteiger partial charge on any atom is 0.251 e. The van der Waals surface area contributed by atoms with Gasteiger partial charge in [0.05, 0.1) is 63.2 Å². The van der Waals surface area contributed by atoms with Crippen LogP contribution in [0.5, 0.6) is 5.75 Å². The van der Waals surface area contributed by atoms with E-state index >= 15 is 0 Å². The lowest BCUT2D eigenvalue weighted by Crippen LogP contribution is -2.28. The molecule has 0 bridgehead atoms. The van der Waals surface area contributed by atoms with Crippen molar-refractivity contribution in [1.29, 1.82) is 0 Å². The van der Waals surface area contributed by atoms with E-state index in [1.165, 1.54) is 10.9 Å². The number of nitrogens with zero attached hydrogens (tertiary/aromatic N) is 2. The van der Waals surface area contributed by atoms with Gasteiger partial charge in [-0.05, 0) is 80.5 Å². The quantitative estimate of drug-likeness (QED) is 0.116. The van der Waals surface area contributed by atoms with Crippen LogP contribution in [0.15, 0.2) is 72.8 Å². The Morgan fingerprint density at radius 2 is 1.49 bits per heavy atom. The Hall–Kier alpha value is -4.28. The second-order valence-corrected chi connectivity index (χ2v) is 11.6. The van der Waals surface area contributed by atoms with Crippen molar-refractivity contribution in [3.63, 3.8) is 0 Å². The zero-order chi connectivity index (χ0) is 33.0. The Morgan fingerprint density at radius 3 is 2.26 bits per heavy atom. The molecule has 1 amide bonds. The van der Waals surface area contributed by atoms with Crippen LogP contribution in [0.4, 0.5) is 0 Å². The third kappa shape index (κ3) is 8.75. The summed E-state index contributed by atoms with van der Waals surface area (Å²) in [4.78, 5) is 13.0. The van der Waals surface area contributed by atoms with Gasteiger partial charge in [-0.2, -0.15) is 5.10 Å². The van der Waals surface area contributed by atoms with Gasteiger partial charge in [0, 0.05) is 35.2 Å². The van der Waals surface area contributed by atoms with Gasteiger partial charge in [-0.3, -0.25) is 4.79 Å². The summed E-state index contributed by atoms with van der Waals surface area (Å²) in [5.41, 5.74) is 13.5. The highest BCUT2D eigenvalue weighted by molar-refractivity contribution is 5.95. The van der Waals surface area contributed by atoms with E-state index < -0.39 is 0 Å². The normalized spacial score (nSPS) is 11.4. The predicted molar refractivity (Wildman–Crippen MR) is 186 cm³/mol. The van der Waals surface area contributed by atoms with Gasteiger partial charge in [-0.15, -0.1) is 0 Å². The molecule has 3 aromatic carbocycles. The summed E-state index contributed by atoms with van der Waals surface area (Å²) in [5.74, 6) is 0.793. The number of nitrogens with one attached hydrogen (secondary N) is 1. The highest BCUT2D eigenvalue weighted by Gasteiger charge is 2.17. The Balaban J connectivity index is 1.17. The second-order valence-electron chi connectivity index (χ2n) is 11.6. The van der Waals surface area contributed by atoms with Crippen LogP contribution in [-0.2, 0) is 20.6 Å². The van der Waals surface area contributed by atoms with E-state index in [9.17, 15) is 4.79 Å². The monoisotopic (exact) mass is 638 g/mol. The van der Waals surface area contributed by atoms with E-state index in [2.05, 4.69) is 48.6 Å². The summed E-state index contributed by atoms with van der Waals surface area (Å²) in [5, 5.41) is 10.2. The second kappa shape index (κ2) is 17.0. The first-order chi connectivity index (χ1) is 23.0. The molecule has 5 aromatic rings. The molecule has 0 unspecified atom stereocenters. The van der Waals surface area contributed by atoms with Crippen LogP contribution < -0.4 is 15.8 Å². The molecule has 0 aliphatic carbocycles. The van der Waals surface area contributed by atoms with Gasteiger partial charge >= 0.3 is 0 Å². The third-order valence-electron chi connectivity index (χ3n) is 8.13. The van der Waals surface area contributed by atoms with E-state index in [0.717, 1.165) is 57.6 Å². The van der Waals surface area contributed by atoms with Crippen LogP contribution in [0, 0.1) is 20.8 Å². The number of ether oxygens (including phenoxy) is 4. The largest absolute Gasteiger partial charge is 0.493 e. The fraction of sp³-hybridized carbons (Fsp3) is 0.368. The average molecular weight is 639 g/mol. The van der Waals surface area contributed by atoms with Gasteiger partial charge in [-0.25, -0.2) is 4.52 Å². The summed E-state index contributed by atoms with van der Waals surface area (Å²) in [7, 11) is 0. The van der Waals surface area contributed by atoms with E-state index in [4.69, 9.17) is 29.8 Å². The number of hydrogen-bond donors (Lipinski definition) is 2. The molecule has 9 heteroatoms. The summed E-state index contributed by atoms with van der Waals surface area (Å²) < 4.78 is 24.5. The van der Waals surface area contributed by atoms with Gasteiger partial charge in [0.2, 0.25) is 0 Å². The summed E-state index contributed by atoms with van der Waals surface area (Å²) in [6.45, 7) is 10.6. The van der Waals surface area contributed by atoms with Crippen LogP contribution >= 0.6 is 0 Å². The Kier molecular flexibility index (Phi) is 12.3. The lowest BCUT2D eigenvalue weighted by atomic mass is 9.96. The van der Waals surface area contributed by atoms with Crippen LogP contribution in [0.2, 0.25) is 0 Å². The van der Waals surface area contributed by atoms with Crippen molar-refractivity contribution in [2.45, 2.75) is 33.6 Å². The number of aryl methyl sites for hydroxylation is 4. The number of carbonyl (C=O) groups excluding carboxylic acids is 1. The van der Waals surface area contributed by atoms with Crippen molar-refractivity contribution < 1.29 is 23.7 Å². The Morgan fingerprint density at radius 1 is 0.809 bits per heavy atom. The molecule has 2 heterocycles. The van der Waals surface area contributed by atoms with Crippen molar-refractivity contribution in [3.05, 3.63) is 101 Å². The molecule has 3 N–H and O–H groups in total. The number of fused-ring (bicyclic) bond motifs is 2. The van der Waals surface area contributed by atoms with Gasteiger partial charge in [0.15, 0.2) is 0 Å². The Bertz CT molecular complexity index is 1760. The van der Waals surface area contributed by atoms with Crippen LogP contribution in [0.1, 0.15) is 39.2 Å². The van der Waals surface area contributed by atoms with Crippen molar-refractivity contribution in [2.75, 3.05) is 59.3 Å². The predicted octanol–water partition coefficient (Wildman–Crippen LogP) is 5.83. The molecule has 248 valence electrons. The average Bonchev–Trinajstić information content (AvgIpc) is 3.40. The smallest absolute Gasteiger partial charge is 0.251 e. The molecule has 0 aliphatic rings. The fourth-order valence-corrected chi connectivity index (χ4v) is 5.95. The van der Waals surface area contributed by atoms with Crippen molar-refractivity contribution in [2.24, 2.45) is 5.73 Å². The van der Waals surface area contributed by atoms with E-state index in [1.807, 2.05) is 54.8 Å². The molecule has 0 atom stereocenters. The minimum absolute atomic E-state index is 0.124. The maximum atomic E-state index is 13.0. The van der Waals surface area contributed by atoms with E-state index in [1.54, 1.807) is 0 Å². The number of aromatic nitrogens is 2. The first-order valence-electron chi connectivity index (χ1n) is 16.4. The maximum absolute atomic E-state index is 13.0. The summed E-state index contributed by atoms with van der Waals surface area (Å²) in [6.07, 6.45) is 1.74. The molecule has 5 rings (SSSR count). The minimum Gasteiger partial charge on any atom is -0.493 e. The van der Waals surface area contributed by atoms with Crippen molar-refractivity contribution in [1.82, 2.24) is 14.9 Å².